The number of benzene rings is 2. The summed E-state index contributed by atoms with van der Waals surface area (Å²) in [7, 11) is 0. The molecule has 1 amide bonds. The Kier molecular flexibility index (Phi) is 6.55. The van der Waals surface area contributed by atoms with Gasteiger partial charge in [-0.1, -0.05) is 18.5 Å². The van der Waals surface area contributed by atoms with Crippen molar-refractivity contribution < 1.29 is 18.7 Å². The first-order valence-electron chi connectivity index (χ1n) is 9.01. The lowest BCUT2D eigenvalue weighted by atomic mass is 10.1. The molecule has 0 aliphatic heterocycles. The number of nitrogens with one attached hydrogen (secondary N) is 1. The van der Waals surface area contributed by atoms with Crippen molar-refractivity contribution in [2.45, 2.75) is 20.3 Å². The highest BCUT2D eigenvalue weighted by molar-refractivity contribution is 6.32. The third-order valence-electron chi connectivity index (χ3n) is 3.88. The molecule has 0 saturated carbocycles. The average Bonchev–Trinajstić information content (AvgIpc) is 3.23. The maximum absolute atomic E-state index is 12.7. The fourth-order valence-corrected chi connectivity index (χ4v) is 2.85. The minimum absolute atomic E-state index is 0.294. The second kappa shape index (κ2) is 9.28. The molecule has 0 unspecified atom stereocenters. The number of halogens is 1. The van der Waals surface area contributed by atoms with Crippen LogP contribution >= 0.6 is 11.6 Å². The SMILES string of the molecule is CCCOc1c(Cl)cc(C(=O)Nc2ccc(-c3cnco3)cc2)cc1OCC. The summed E-state index contributed by atoms with van der Waals surface area (Å²) in [5.41, 5.74) is 1.90. The number of anilines is 1. The van der Waals surface area contributed by atoms with E-state index in [0.29, 0.717) is 46.7 Å². The zero-order valence-corrected chi connectivity index (χ0v) is 16.5. The van der Waals surface area contributed by atoms with Gasteiger partial charge in [-0.25, -0.2) is 4.98 Å². The molecule has 28 heavy (non-hydrogen) atoms. The van der Waals surface area contributed by atoms with E-state index in [0.717, 1.165) is 12.0 Å². The summed E-state index contributed by atoms with van der Waals surface area (Å²) in [6.45, 7) is 4.82. The summed E-state index contributed by atoms with van der Waals surface area (Å²) in [5, 5.41) is 3.19. The van der Waals surface area contributed by atoms with Gasteiger partial charge in [0.05, 0.1) is 24.4 Å². The zero-order chi connectivity index (χ0) is 19.9. The fourth-order valence-electron chi connectivity index (χ4n) is 2.59. The third-order valence-corrected chi connectivity index (χ3v) is 4.16. The monoisotopic (exact) mass is 400 g/mol. The molecule has 0 aliphatic rings. The van der Waals surface area contributed by atoms with Gasteiger partial charge in [0.1, 0.15) is 0 Å². The molecule has 0 bridgehead atoms. The van der Waals surface area contributed by atoms with Crippen LogP contribution in [-0.4, -0.2) is 24.1 Å². The van der Waals surface area contributed by atoms with E-state index in [4.69, 9.17) is 25.5 Å². The normalized spacial score (nSPS) is 10.5. The van der Waals surface area contributed by atoms with Crippen molar-refractivity contribution in [3.63, 3.8) is 0 Å². The molecule has 0 fully saturated rings. The van der Waals surface area contributed by atoms with Gasteiger partial charge in [-0.2, -0.15) is 0 Å². The van der Waals surface area contributed by atoms with Gasteiger partial charge in [0, 0.05) is 16.8 Å². The van der Waals surface area contributed by atoms with Gasteiger partial charge in [-0.15, -0.1) is 0 Å². The molecule has 0 radical (unpaired) electrons. The number of hydrogen-bond acceptors (Lipinski definition) is 5. The minimum atomic E-state index is -0.294. The van der Waals surface area contributed by atoms with E-state index in [2.05, 4.69) is 10.3 Å². The van der Waals surface area contributed by atoms with Gasteiger partial charge in [0.25, 0.3) is 5.91 Å². The highest BCUT2D eigenvalue weighted by atomic mass is 35.5. The Balaban J connectivity index is 1.78. The number of nitrogens with zero attached hydrogens (tertiary/aromatic N) is 1. The lowest BCUT2D eigenvalue weighted by Gasteiger charge is -2.15. The van der Waals surface area contributed by atoms with Crippen molar-refractivity contribution >= 4 is 23.2 Å². The molecule has 2 aromatic carbocycles. The molecule has 0 aliphatic carbocycles. The smallest absolute Gasteiger partial charge is 0.255 e. The molecule has 0 atom stereocenters. The number of amides is 1. The van der Waals surface area contributed by atoms with E-state index >= 15 is 0 Å². The predicted molar refractivity (Wildman–Crippen MR) is 108 cm³/mol. The number of oxazole rings is 1. The Hall–Kier alpha value is -2.99. The van der Waals surface area contributed by atoms with E-state index in [9.17, 15) is 4.79 Å². The number of carbonyl (C=O) groups excluding carboxylic acids is 1. The van der Waals surface area contributed by atoms with Crippen LogP contribution in [0, 0.1) is 0 Å². The topological polar surface area (TPSA) is 73.6 Å². The first-order valence-corrected chi connectivity index (χ1v) is 9.39. The van der Waals surface area contributed by atoms with Crippen LogP contribution in [0.5, 0.6) is 11.5 Å². The summed E-state index contributed by atoms with van der Waals surface area (Å²) in [6.07, 6.45) is 3.85. The van der Waals surface area contributed by atoms with Crippen molar-refractivity contribution in [3.05, 3.63) is 59.6 Å². The highest BCUT2D eigenvalue weighted by Crippen LogP contribution is 2.37. The maximum atomic E-state index is 12.7. The van der Waals surface area contributed by atoms with Gasteiger partial charge in [-0.05, 0) is 49.7 Å². The highest BCUT2D eigenvalue weighted by Gasteiger charge is 2.16. The van der Waals surface area contributed by atoms with Crippen molar-refractivity contribution in [1.82, 2.24) is 4.98 Å². The molecule has 7 heteroatoms. The van der Waals surface area contributed by atoms with Gasteiger partial charge in [0.2, 0.25) is 0 Å². The summed E-state index contributed by atoms with van der Waals surface area (Å²) >= 11 is 6.33. The number of carbonyl (C=O) groups is 1. The average molecular weight is 401 g/mol. The van der Waals surface area contributed by atoms with E-state index in [-0.39, 0.29) is 5.91 Å². The lowest BCUT2D eigenvalue weighted by molar-refractivity contribution is 0.102. The Morgan fingerprint density at radius 2 is 1.96 bits per heavy atom. The van der Waals surface area contributed by atoms with Crippen LogP contribution in [0.15, 0.2) is 53.4 Å². The maximum Gasteiger partial charge on any atom is 0.255 e. The van der Waals surface area contributed by atoms with Crippen LogP contribution in [0.4, 0.5) is 5.69 Å². The lowest BCUT2D eigenvalue weighted by Crippen LogP contribution is -2.12. The van der Waals surface area contributed by atoms with Crippen LogP contribution in [-0.2, 0) is 0 Å². The minimum Gasteiger partial charge on any atom is -0.490 e. The standard InChI is InChI=1S/C21H21ClN2O4/c1-3-9-27-20-17(22)10-15(11-18(20)26-4-2)21(25)24-16-7-5-14(6-8-16)19-12-23-13-28-19/h5-8,10-13H,3-4,9H2,1-2H3,(H,24,25). The van der Waals surface area contributed by atoms with E-state index < -0.39 is 0 Å². The summed E-state index contributed by atoms with van der Waals surface area (Å²) in [4.78, 5) is 16.6. The number of ether oxygens (including phenoxy) is 2. The number of aromatic nitrogens is 1. The largest absolute Gasteiger partial charge is 0.490 e. The first-order chi connectivity index (χ1) is 13.6. The van der Waals surface area contributed by atoms with E-state index in [1.54, 1.807) is 30.5 Å². The van der Waals surface area contributed by atoms with Crippen LogP contribution in [0.3, 0.4) is 0 Å². The molecule has 0 spiro atoms. The molecular weight excluding hydrogens is 380 g/mol. The molecular formula is C21H21ClN2O4. The second-order valence-corrected chi connectivity index (χ2v) is 6.37. The summed E-state index contributed by atoms with van der Waals surface area (Å²) in [5.74, 6) is 1.28. The van der Waals surface area contributed by atoms with Crippen molar-refractivity contribution in [2.75, 3.05) is 18.5 Å². The van der Waals surface area contributed by atoms with E-state index in [1.165, 1.54) is 6.39 Å². The fraction of sp³-hybridized carbons (Fsp3) is 0.238. The molecule has 146 valence electrons. The molecule has 1 heterocycles. The van der Waals surface area contributed by atoms with Crippen LogP contribution in [0.2, 0.25) is 5.02 Å². The molecule has 1 N–H and O–H groups in total. The van der Waals surface area contributed by atoms with E-state index in [1.807, 2.05) is 26.0 Å². The molecule has 6 nitrogen and oxygen atoms in total. The van der Waals surface area contributed by atoms with Crippen molar-refractivity contribution in [2.24, 2.45) is 0 Å². The molecule has 0 saturated heterocycles. The molecule has 1 aromatic heterocycles. The van der Waals surface area contributed by atoms with Gasteiger partial charge in [-0.3, -0.25) is 4.79 Å². The number of rotatable bonds is 8. The summed E-state index contributed by atoms with van der Waals surface area (Å²) in [6, 6.07) is 10.5. The van der Waals surface area contributed by atoms with Gasteiger partial charge < -0.3 is 19.2 Å². The predicted octanol–water partition coefficient (Wildman–Crippen LogP) is 5.43. The first kappa shape index (κ1) is 19.8. The van der Waals surface area contributed by atoms with Crippen LogP contribution in [0.25, 0.3) is 11.3 Å². The Morgan fingerprint density at radius 3 is 2.61 bits per heavy atom. The Bertz CT molecular complexity index is 924. The van der Waals surface area contributed by atoms with Crippen molar-refractivity contribution in [3.8, 4) is 22.8 Å². The van der Waals surface area contributed by atoms with Gasteiger partial charge in [0.15, 0.2) is 23.7 Å². The number of hydrogen-bond donors (Lipinski definition) is 1. The third kappa shape index (κ3) is 4.64. The van der Waals surface area contributed by atoms with Crippen LogP contribution < -0.4 is 14.8 Å². The quantitative estimate of drug-likeness (QED) is 0.545. The molecule has 3 rings (SSSR count). The van der Waals surface area contributed by atoms with Crippen molar-refractivity contribution in [1.29, 1.82) is 0 Å². The Labute approximate surface area is 168 Å². The summed E-state index contributed by atoms with van der Waals surface area (Å²) < 4.78 is 16.5. The second-order valence-electron chi connectivity index (χ2n) is 5.96. The van der Waals surface area contributed by atoms with Crippen LogP contribution in [0.1, 0.15) is 30.6 Å². The zero-order valence-electron chi connectivity index (χ0n) is 15.7. The molecule has 3 aromatic rings. The Morgan fingerprint density at radius 1 is 1.18 bits per heavy atom. The van der Waals surface area contributed by atoms with Gasteiger partial charge >= 0.3 is 0 Å².